The quantitative estimate of drug-likeness (QED) is 0.805. The highest BCUT2D eigenvalue weighted by Crippen LogP contribution is 2.47. The molecule has 0 amide bonds. The normalized spacial score (nSPS) is 17.0. The van der Waals surface area contributed by atoms with Crippen molar-refractivity contribution in [3.63, 3.8) is 0 Å². The second kappa shape index (κ2) is 5.92. The smallest absolute Gasteiger partial charge is 0.241 e. The van der Waals surface area contributed by atoms with Gasteiger partial charge in [0.15, 0.2) is 0 Å². The van der Waals surface area contributed by atoms with Gasteiger partial charge in [0.2, 0.25) is 10.0 Å². The second-order valence-electron chi connectivity index (χ2n) is 5.49. The highest BCUT2D eigenvalue weighted by molar-refractivity contribution is 9.11. The molecule has 0 unspecified atom stereocenters. The number of thiophene rings is 1. The number of aromatic nitrogens is 1. The summed E-state index contributed by atoms with van der Waals surface area (Å²) in [5, 5.41) is 8.44. The van der Waals surface area contributed by atoms with Gasteiger partial charge in [0, 0.05) is 23.0 Å². The summed E-state index contributed by atoms with van der Waals surface area (Å²) in [7, 11) is -3.78. The zero-order valence-corrected chi connectivity index (χ0v) is 15.0. The Bertz CT molecular complexity index is 785. The summed E-state index contributed by atoms with van der Waals surface area (Å²) in [5.74, 6) is 0.326. The Morgan fingerprint density at radius 2 is 2.14 bits per heavy atom. The number of nitrogens with two attached hydrogens (primary N) is 1. The zero-order valence-electron chi connectivity index (χ0n) is 11.8. The minimum absolute atomic E-state index is 0.0387. The third kappa shape index (κ3) is 3.05. The lowest BCUT2D eigenvalue weighted by molar-refractivity contribution is 0.265. The van der Waals surface area contributed by atoms with Gasteiger partial charge in [-0.25, -0.2) is 18.5 Å². The summed E-state index contributed by atoms with van der Waals surface area (Å²) in [6, 6.07) is 7.23. The molecule has 1 saturated carbocycles. The highest BCUT2D eigenvalue weighted by atomic mass is 79.9. The second-order valence-corrected chi connectivity index (χ2v) is 9.48. The van der Waals surface area contributed by atoms with Crippen molar-refractivity contribution >= 4 is 43.1 Å². The maximum atomic E-state index is 11.6. The first-order chi connectivity index (χ1) is 10.4. The number of rotatable bonds is 5. The predicted molar refractivity (Wildman–Crippen MR) is 91.6 cm³/mol. The molecule has 118 valence electrons. The van der Waals surface area contributed by atoms with Crippen molar-refractivity contribution in [3.05, 3.63) is 39.1 Å². The number of primary sulfonamides is 1. The maximum absolute atomic E-state index is 11.6. The summed E-state index contributed by atoms with van der Waals surface area (Å²) >= 11 is 5.23. The summed E-state index contributed by atoms with van der Waals surface area (Å²) in [4.78, 5) is 5.48. The number of pyridine rings is 1. The lowest BCUT2D eigenvalue weighted by atomic mass is 9.68. The van der Waals surface area contributed by atoms with Gasteiger partial charge in [-0.05, 0) is 53.0 Å². The fraction of sp³-hybridized carbons (Fsp3) is 0.357. The predicted octanol–water partition coefficient (Wildman–Crippen LogP) is 3.09. The number of hydrogen-bond acceptors (Lipinski definition) is 5. The first kappa shape index (κ1) is 15.9. The van der Waals surface area contributed by atoms with Crippen LogP contribution >= 0.6 is 27.3 Å². The Hall–Kier alpha value is -0.960. The van der Waals surface area contributed by atoms with E-state index < -0.39 is 10.0 Å². The van der Waals surface area contributed by atoms with E-state index in [0.29, 0.717) is 12.4 Å². The van der Waals surface area contributed by atoms with E-state index in [2.05, 4.69) is 38.4 Å². The molecule has 1 aliphatic rings. The summed E-state index contributed by atoms with van der Waals surface area (Å²) in [6.45, 7) is 0.652. The van der Waals surface area contributed by atoms with Crippen LogP contribution in [0.3, 0.4) is 0 Å². The molecule has 0 radical (unpaired) electrons. The van der Waals surface area contributed by atoms with Crippen molar-refractivity contribution in [3.8, 4) is 0 Å². The van der Waals surface area contributed by atoms with Gasteiger partial charge in [0.05, 0.1) is 3.79 Å². The maximum Gasteiger partial charge on any atom is 0.241 e. The lowest BCUT2D eigenvalue weighted by Gasteiger charge is -2.41. The van der Waals surface area contributed by atoms with E-state index in [1.807, 2.05) is 0 Å². The van der Waals surface area contributed by atoms with Gasteiger partial charge in [0.25, 0.3) is 0 Å². The van der Waals surface area contributed by atoms with Crippen LogP contribution in [0.25, 0.3) is 0 Å². The lowest BCUT2D eigenvalue weighted by Crippen LogP contribution is -2.40. The molecule has 3 N–H and O–H groups in total. The molecule has 22 heavy (non-hydrogen) atoms. The van der Waals surface area contributed by atoms with Crippen molar-refractivity contribution in [1.82, 2.24) is 4.98 Å². The van der Waals surface area contributed by atoms with Crippen LogP contribution in [-0.4, -0.2) is 19.9 Å². The fourth-order valence-corrected chi connectivity index (χ4v) is 5.01. The Balaban J connectivity index is 1.83. The van der Waals surface area contributed by atoms with E-state index in [1.54, 1.807) is 23.6 Å². The van der Waals surface area contributed by atoms with Gasteiger partial charge in [-0.15, -0.1) is 11.3 Å². The first-order valence-corrected chi connectivity index (χ1v) is 10.0. The topological polar surface area (TPSA) is 85.1 Å². The van der Waals surface area contributed by atoms with E-state index in [0.717, 1.165) is 16.6 Å². The summed E-state index contributed by atoms with van der Waals surface area (Å²) in [5.41, 5.74) is 0.0594. The molecular formula is C14H16BrN3O2S2. The molecule has 2 aromatic heterocycles. The summed E-state index contributed by atoms with van der Waals surface area (Å²) in [6.07, 6.45) is 4.92. The van der Waals surface area contributed by atoms with Crippen molar-refractivity contribution in [2.75, 3.05) is 11.9 Å². The standard InChI is InChI=1S/C14H16BrN3O2S2/c15-12-5-4-11(21-12)14(6-2-7-14)9-18-13-10(22(16,19)20)3-1-8-17-13/h1,3-5,8H,2,6-7,9H2,(H,17,18)(H2,16,19,20). The van der Waals surface area contributed by atoms with Crippen LogP contribution in [0.1, 0.15) is 24.1 Å². The fourth-order valence-electron chi connectivity index (χ4n) is 2.72. The number of anilines is 1. The van der Waals surface area contributed by atoms with Crippen molar-refractivity contribution in [2.24, 2.45) is 5.14 Å². The molecule has 0 aromatic carbocycles. The van der Waals surface area contributed by atoms with Crippen LogP contribution in [0.4, 0.5) is 5.82 Å². The average molecular weight is 402 g/mol. The highest BCUT2D eigenvalue weighted by Gasteiger charge is 2.40. The van der Waals surface area contributed by atoms with Crippen LogP contribution in [0.15, 0.2) is 39.1 Å². The number of halogens is 1. The third-order valence-corrected chi connectivity index (χ3v) is 6.89. The van der Waals surface area contributed by atoms with Gasteiger partial charge in [-0.1, -0.05) is 6.42 Å². The molecule has 0 spiro atoms. The Kier molecular flexibility index (Phi) is 4.28. The van der Waals surface area contributed by atoms with Gasteiger partial charge < -0.3 is 5.32 Å². The third-order valence-electron chi connectivity index (χ3n) is 4.08. The zero-order chi connectivity index (χ0) is 15.8. The Morgan fingerprint density at radius 1 is 1.36 bits per heavy atom. The van der Waals surface area contributed by atoms with Gasteiger partial charge in [-0.3, -0.25) is 0 Å². The molecule has 2 aromatic rings. The largest absolute Gasteiger partial charge is 0.368 e. The molecule has 3 rings (SSSR count). The SMILES string of the molecule is NS(=O)(=O)c1cccnc1NCC1(c2ccc(Br)s2)CCC1. The molecule has 0 aliphatic heterocycles. The van der Waals surface area contributed by atoms with E-state index in [4.69, 9.17) is 5.14 Å². The molecule has 0 saturated heterocycles. The minimum atomic E-state index is -3.78. The van der Waals surface area contributed by atoms with E-state index in [9.17, 15) is 8.42 Å². The monoisotopic (exact) mass is 401 g/mol. The first-order valence-electron chi connectivity index (χ1n) is 6.88. The van der Waals surface area contributed by atoms with Gasteiger partial charge in [0.1, 0.15) is 10.7 Å². The van der Waals surface area contributed by atoms with Crippen molar-refractivity contribution in [2.45, 2.75) is 29.6 Å². The Labute approximate surface area is 142 Å². The number of nitrogens with one attached hydrogen (secondary N) is 1. The molecule has 0 atom stereocenters. The number of hydrogen-bond donors (Lipinski definition) is 2. The van der Waals surface area contributed by atoms with Gasteiger partial charge >= 0.3 is 0 Å². The average Bonchev–Trinajstić information content (AvgIpc) is 2.84. The van der Waals surface area contributed by atoms with Crippen molar-refractivity contribution in [1.29, 1.82) is 0 Å². The van der Waals surface area contributed by atoms with E-state index in [1.165, 1.54) is 17.4 Å². The summed E-state index contributed by atoms with van der Waals surface area (Å²) < 4.78 is 24.4. The van der Waals surface area contributed by atoms with Crippen LogP contribution < -0.4 is 10.5 Å². The Morgan fingerprint density at radius 3 is 2.68 bits per heavy atom. The van der Waals surface area contributed by atoms with E-state index >= 15 is 0 Å². The molecule has 1 fully saturated rings. The van der Waals surface area contributed by atoms with Crippen molar-refractivity contribution < 1.29 is 8.42 Å². The molecule has 8 heteroatoms. The van der Waals surface area contributed by atoms with Crippen LogP contribution in [0.5, 0.6) is 0 Å². The number of sulfonamides is 1. The molecule has 1 aliphatic carbocycles. The molecule has 0 bridgehead atoms. The number of nitrogens with zero attached hydrogens (tertiary/aromatic N) is 1. The molecule has 2 heterocycles. The van der Waals surface area contributed by atoms with Crippen LogP contribution in [-0.2, 0) is 15.4 Å². The molecule has 5 nitrogen and oxygen atoms in total. The van der Waals surface area contributed by atoms with Gasteiger partial charge in [-0.2, -0.15) is 0 Å². The minimum Gasteiger partial charge on any atom is -0.368 e. The van der Waals surface area contributed by atoms with E-state index in [-0.39, 0.29) is 10.3 Å². The molecular weight excluding hydrogens is 386 g/mol. The van der Waals surface area contributed by atoms with Crippen LogP contribution in [0, 0.1) is 0 Å². The van der Waals surface area contributed by atoms with Crippen LogP contribution in [0.2, 0.25) is 0 Å².